The van der Waals surface area contributed by atoms with Crippen molar-refractivity contribution in [2.75, 3.05) is 28.9 Å². The van der Waals surface area contributed by atoms with Crippen molar-refractivity contribution >= 4 is 23.4 Å². The van der Waals surface area contributed by atoms with Gasteiger partial charge in [-0.05, 0) is 26.0 Å². The fraction of sp³-hybridized carbons (Fsp3) is 0.636. The van der Waals surface area contributed by atoms with Crippen LogP contribution < -0.4 is 16.2 Å². The molecule has 1 unspecified atom stereocenters. The van der Waals surface area contributed by atoms with Gasteiger partial charge in [0, 0.05) is 24.4 Å². The molecule has 1 atom stereocenters. The molecule has 94 valence electrons. The minimum absolute atomic E-state index is 0.568. The highest BCUT2D eigenvalue weighted by Gasteiger charge is 2.23. The van der Waals surface area contributed by atoms with Crippen LogP contribution in [0.1, 0.15) is 17.8 Å². The van der Waals surface area contributed by atoms with Crippen LogP contribution >= 0.6 is 11.8 Å². The van der Waals surface area contributed by atoms with Crippen LogP contribution in [0.5, 0.6) is 0 Å². The topological polar surface area (TPSA) is 67.1 Å². The molecule has 0 amide bonds. The summed E-state index contributed by atoms with van der Waals surface area (Å²) in [5, 5.41) is 0. The third kappa shape index (κ3) is 2.47. The third-order valence-electron chi connectivity index (χ3n) is 3.16. The standard InChI is InChI=1S/C11H19N5S/c1-7-10(15-12)13-8(2)14-11(7)16(3)9-4-5-17-6-9/h9H,4-6,12H2,1-3H3,(H,13,14,15). The van der Waals surface area contributed by atoms with Crippen LogP contribution in [-0.2, 0) is 0 Å². The van der Waals surface area contributed by atoms with Gasteiger partial charge in [-0.2, -0.15) is 11.8 Å². The Morgan fingerprint density at radius 2 is 2.18 bits per heavy atom. The first-order chi connectivity index (χ1) is 8.13. The van der Waals surface area contributed by atoms with Crippen LogP contribution in [0.25, 0.3) is 0 Å². The molecule has 0 saturated carbocycles. The van der Waals surface area contributed by atoms with Gasteiger partial charge in [-0.1, -0.05) is 0 Å². The van der Waals surface area contributed by atoms with Gasteiger partial charge in [-0.3, -0.25) is 0 Å². The minimum Gasteiger partial charge on any atom is -0.355 e. The summed E-state index contributed by atoms with van der Waals surface area (Å²) in [5.41, 5.74) is 3.65. The summed E-state index contributed by atoms with van der Waals surface area (Å²) in [6, 6.07) is 0.568. The van der Waals surface area contributed by atoms with Crippen molar-refractivity contribution in [1.29, 1.82) is 0 Å². The normalized spacial score (nSPS) is 19.4. The molecule has 17 heavy (non-hydrogen) atoms. The number of aromatic nitrogens is 2. The Morgan fingerprint density at radius 3 is 2.76 bits per heavy atom. The summed E-state index contributed by atoms with van der Waals surface area (Å²) in [6.45, 7) is 3.89. The summed E-state index contributed by atoms with van der Waals surface area (Å²) in [4.78, 5) is 11.1. The molecule has 3 N–H and O–H groups in total. The number of hydrazine groups is 1. The molecule has 0 radical (unpaired) electrons. The van der Waals surface area contributed by atoms with E-state index in [2.05, 4.69) is 27.3 Å². The lowest BCUT2D eigenvalue weighted by atomic mass is 10.2. The van der Waals surface area contributed by atoms with Crippen LogP contribution in [-0.4, -0.2) is 34.6 Å². The maximum atomic E-state index is 5.48. The maximum Gasteiger partial charge on any atom is 0.148 e. The molecule has 0 aromatic carbocycles. The molecule has 2 rings (SSSR count). The first-order valence-corrected chi connectivity index (χ1v) is 6.91. The lowest BCUT2D eigenvalue weighted by Crippen LogP contribution is -2.33. The fourth-order valence-electron chi connectivity index (χ4n) is 2.10. The molecular formula is C11H19N5S. The average molecular weight is 253 g/mol. The van der Waals surface area contributed by atoms with Gasteiger partial charge >= 0.3 is 0 Å². The van der Waals surface area contributed by atoms with Gasteiger partial charge in [0.15, 0.2) is 0 Å². The predicted molar refractivity (Wildman–Crippen MR) is 73.4 cm³/mol. The van der Waals surface area contributed by atoms with Crippen molar-refractivity contribution in [3.05, 3.63) is 11.4 Å². The Labute approximate surface area is 106 Å². The number of hydrogen-bond acceptors (Lipinski definition) is 6. The van der Waals surface area contributed by atoms with Crippen molar-refractivity contribution in [2.45, 2.75) is 26.3 Å². The SMILES string of the molecule is Cc1nc(NN)c(C)c(N(C)C2CCSC2)n1. The summed E-state index contributed by atoms with van der Waals surface area (Å²) in [5.74, 6) is 10.3. The Balaban J connectivity index is 2.33. The predicted octanol–water partition coefficient (Wildman–Crippen LogP) is 1.32. The molecule has 1 aliphatic heterocycles. The Bertz CT molecular complexity index is 403. The number of hydrogen-bond donors (Lipinski definition) is 2. The minimum atomic E-state index is 0.568. The van der Waals surface area contributed by atoms with Gasteiger partial charge in [0.2, 0.25) is 0 Å². The number of rotatable bonds is 3. The molecular weight excluding hydrogens is 234 g/mol. The highest BCUT2D eigenvalue weighted by molar-refractivity contribution is 7.99. The monoisotopic (exact) mass is 253 g/mol. The number of nitrogen functional groups attached to an aromatic ring is 1. The van der Waals surface area contributed by atoms with E-state index in [1.807, 2.05) is 25.6 Å². The first-order valence-electron chi connectivity index (χ1n) is 5.76. The Morgan fingerprint density at radius 1 is 1.41 bits per heavy atom. The molecule has 0 spiro atoms. The zero-order chi connectivity index (χ0) is 12.4. The highest BCUT2D eigenvalue weighted by atomic mass is 32.2. The zero-order valence-electron chi connectivity index (χ0n) is 10.5. The fourth-order valence-corrected chi connectivity index (χ4v) is 3.37. The second-order valence-corrected chi connectivity index (χ2v) is 5.49. The van der Waals surface area contributed by atoms with E-state index in [-0.39, 0.29) is 0 Å². The second kappa shape index (κ2) is 5.10. The number of nitrogens with zero attached hydrogens (tertiary/aromatic N) is 3. The molecule has 5 nitrogen and oxygen atoms in total. The number of aryl methyl sites for hydroxylation is 1. The smallest absolute Gasteiger partial charge is 0.148 e. The van der Waals surface area contributed by atoms with E-state index in [9.17, 15) is 0 Å². The molecule has 2 heterocycles. The summed E-state index contributed by atoms with van der Waals surface area (Å²) in [6.07, 6.45) is 1.22. The van der Waals surface area contributed by atoms with Crippen molar-refractivity contribution in [3.63, 3.8) is 0 Å². The molecule has 1 aromatic heterocycles. The largest absolute Gasteiger partial charge is 0.355 e. The van der Waals surface area contributed by atoms with Crippen molar-refractivity contribution in [1.82, 2.24) is 9.97 Å². The van der Waals surface area contributed by atoms with Crippen LogP contribution in [0.4, 0.5) is 11.6 Å². The molecule has 0 aliphatic carbocycles. The van der Waals surface area contributed by atoms with Gasteiger partial charge in [-0.25, -0.2) is 15.8 Å². The molecule has 6 heteroatoms. The van der Waals surface area contributed by atoms with Crippen molar-refractivity contribution in [3.8, 4) is 0 Å². The molecule has 1 aliphatic rings. The number of thioether (sulfide) groups is 1. The summed E-state index contributed by atoms with van der Waals surface area (Å²) in [7, 11) is 2.10. The van der Waals surface area contributed by atoms with Crippen LogP contribution in [0.2, 0.25) is 0 Å². The van der Waals surface area contributed by atoms with E-state index < -0.39 is 0 Å². The second-order valence-electron chi connectivity index (χ2n) is 4.34. The first kappa shape index (κ1) is 12.4. The quantitative estimate of drug-likeness (QED) is 0.625. The number of anilines is 2. The lowest BCUT2D eigenvalue weighted by Gasteiger charge is -2.27. The molecule has 1 saturated heterocycles. The van der Waals surface area contributed by atoms with E-state index >= 15 is 0 Å². The van der Waals surface area contributed by atoms with Gasteiger partial charge in [0.05, 0.1) is 0 Å². The summed E-state index contributed by atoms with van der Waals surface area (Å²) >= 11 is 2.00. The number of nitrogens with one attached hydrogen (secondary N) is 1. The summed E-state index contributed by atoms with van der Waals surface area (Å²) < 4.78 is 0. The van der Waals surface area contributed by atoms with Gasteiger partial charge in [0.1, 0.15) is 17.5 Å². The van der Waals surface area contributed by atoms with E-state index in [0.717, 1.165) is 17.2 Å². The Hall–Kier alpha value is -1.01. The lowest BCUT2D eigenvalue weighted by molar-refractivity contribution is 0.686. The molecule has 1 fully saturated rings. The van der Waals surface area contributed by atoms with E-state index in [1.165, 1.54) is 17.9 Å². The Kier molecular flexibility index (Phi) is 3.73. The van der Waals surface area contributed by atoms with Crippen LogP contribution in [0.15, 0.2) is 0 Å². The van der Waals surface area contributed by atoms with Crippen molar-refractivity contribution < 1.29 is 0 Å². The van der Waals surface area contributed by atoms with Gasteiger partial charge in [0.25, 0.3) is 0 Å². The van der Waals surface area contributed by atoms with E-state index in [4.69, 9.17) is 5.84 Å². The highest BCUT2D eigenvalue weighted by Crippen LogP contribution is 2.28. The van der Waals surface area contributed by atoms with E-state index in [0.29, 0.717) is 11.9 Å². The molecule has 0 bridgehead atoms. The van der Waals surface area contributed by atoms with Gasteiger partial charge in [-0.15, -0.1) is 0 Å². The van der Waals surface area contributed by atoms with Crippen LogP contribution in [0, 0.1) is 13.8 Å². The maximum absolute atomic E-state index is 5.48. The zero-order valence-corrected chi connectivity index (χ0v) is 11.3. The third-order valence-corrected chi connectivity index (χ3v) is 4.30. The van der Waals surface area contributed by atoms with Gasteiger partial charge < -0.3 is 10.3 Å². The average Bonchev–Trinajstić information content (AvgIpc) is 2.84. The van der Waals surface area contributed by atoms with Crippen molar-refractivity contribution in [2.24, 2.45) is 5.84 Å². The molecule has 1 aromatic rings. The number of nitrogens with two attached hydrogens (primary N) is 1. The van der Waals surface area contributed by atoms with Crippen LogP contribution in [0.3, 0.4) is 0 Å². The van der Waals surface area contributed by atoms with E-state index in [1.54, 1.807) is 0 Å².